The van der Waals surface area contributed by atoms with E-state index in [1.807, 2.05) is 0 Å². The maximum absolute atomic E-state index is 3.49. The van der Waals surface area contributed by atoms with Gasteiger partial charge in [-0.15, -0.1) is 0 Å². The molecule has 0 radical (unpaired) electrons. The number of piperidine rings is 1. The summed E-state index contributed by atoms with van der Waals surface area (Å²) in [6.07, 6.45) is 2.61. The second-order valence-corrected chi connectivity index (χ2v) is 6.83. The number of rotatable bonds is 5. The molecular formula is C18H31N3. The van der Waals surface area contributed by atoms with Crippen molar-refractivity contribution < 1.29 is 0 Å². The highest BCUT2D eigenvalue weighted by atomic mass is 15.2. The second kappa shape index (κ2) is 7.28. The SMILES string of the molecule is Cc1cc(CNC(C)C)ccc1N(C)C1CCCN(C)C1. The number of benzene rings is 1. The predicted molar refractivity (Wildman–Crippen MR) is 92.1 cm³/mol. The molecule has 1 atom stereocenters. The molecule has 0 bridgehead atoms. The minimum atomic E-state index is 0.533. The first-order chi connectivity index (χ1) is 9.97. The van der Waals surface area contributed by atoms with Crippen molar-refractivity contribution in [3.63, 3.8) is 0 Å². The van der Waals surface area contributed by atoms with E-state index in [-0.39, 0.29) is 0 Å². The van der Waals surface area contributed by atoms with Gasteiger partial charge in [0, 0.05) is 37.9 Å². The van der Waals surface area contributed by atoms with Gasteiger partial charge < -0.3 is 15.1 Å². The minimum absolute atomic E-state index is 0.533. The monoisotopic (exact) mass is 289 g/mol. The van der Waals surface area contributed by atoms with Crippen LogP contribution in [0.1, 0.15) is 37.8 Å². The summed E-state index contributed by atoms with van der Waals surface area (Å²) in [7, 11) is 4.48. The van der Waals surface area contributed by atoms with Crippen molar-refractivity contribution in [2.75, 3.05) is 32.1 Å². The quantitative estimate of drug-likeness (QED) is 0.899. The van der Waals surface area contributed by atoms with Gasteiger partial charge in [0.15, 0.2) is 0 Å². The van der Waals surface area contributed by atoms with Crippen molar-refractivity contribution >= 4 is 5.69 Å². The second-order valence-electron chi connectivity index (χ2n) is 6.83. The van der Waals surface area contributed by atoms with Crippen LogP contribution < -0.4 is 10.2 Å². The standard InChI is InChI=1S/C18H31N3/c1-14(2)19-12-16-8-9-18(15(3)11-16)21(5)17-7-6-10-20(4)13-17/h8-9,11,14,17,19H,6-7,10,12-13H2,1-5H3. The highest BCUT2D eigenvalue weighted by molar-refractivity contribution is 5.54. The molecule has 1 saturated heterocycles. The Kier molecular flexibility index (Phi) is 5.65. The van der Waals surface area contributed by atoms with E-state index in [1.54, 1.807) is 0 Å². The van der Waals surface area contributed by atoms with Crippen LogP contribution in [0, 0.1) is 6.92 Å². The summed E-state index contributed by atoms with van der Waals surface area (Å²) in [5.41, 5.74) is 4.14. The lowest BCUT2D eigenvalue weighted by Crippen LogP contribution is -2.45. The number of likely N-dealkylation sites (tertiary alicyclic amines) is 1. The number of anilines is 1. The van der Waals surface area contributed by atoms with Crippen LogP contribution >= 0.6 is 0 Å². The topological polar surface area (TPSA) is 18.5 Å². The Morgan fingerprint density at radius 2 is 2.14 bits per heavy atom. The van der Waals surface area contributed by atoms with E-state index < -0.39 is 0 Å². The van der Waals surface area contributed by atoms with Gasteiger partial charge in [0.2, 0.25) is 0 Å². The molecule has 1 unspecified atom stereocenters. The van der Waals surface area contributed by atoms with Crippen molar-refractivity contribution in [1.82, 2.24) is 10.2 Å². The fourth-order valence-corrected chi connectivity index (χ4v) is 3.20. The minimum Gasteiger partial charge on any atom is -0.370 e. The average Bonchev–Trinajstić information content (AvgIpc) is 2.44. The van der Waals surface area contributed by atoms with E-state index in [4.69, 9.17) is 0 Å². The van der Waals surface area contributed by atoms with E-state index in [0.29, 0.717) is 12.1 Å². The van der Waals surface area contributed by atoms with Gasteiger partial charge in [0.25, 0.3) is 0 Å². The van der Waals surface area contributed by atoms with Gasteiger partial charge in [-0.3, -0.25) is 0 Å². The van der Waals surface area contributed by atoms with Gasteiger partial charge in [-0.2, -0.15) is 0 Å². The van der Waals surface area contributed by atoms with Crippen molar-refractivity contribution in [3.05, 3.63) is 29.3 Å². The number of aryl methyl sites for hydroxylation is 1. The molecule has 1 aromatic carbocycles. The summed E-state index contributed by atoms with van der Waals surface area (Å²) in [4.78, 5) is 4.92. The molecular weight excluding hydrogens is 258 g/mol. The summed E-state index contributed by atoms with van der Waals surface area (Å²) >= 11 is 0. The maximum Gasteiger partial charge on any atom is 0.0414 e. The van der Waals surface area contributed by atoms with Crippen molar-refractivity contribution in [3.8, 4) is 0 Å². The van der Waals surface area contributed by atoms with E-state index in [1.165, 1.54) is 42.7 Å². The largest absolute Gasteiger partial charge is 0.370 e. The number of nitrogens with one attached hydrogen (secondary N) is 1. The molecule has 118 valence electrons. The molecule has 0 aromatic heterocycles. The lowest BCUT2D eigenvalue weighted by atomic mass is 10.0. The molecule has 3 heteroatoms. The van der Waals surface area contributed by atoms with E-state index in [0.717, 1.165) is 6.54 Å². The zero-order valence-electron chi connectivity index (χ0n) is 14.3. The highest BCUT2D eigenvalue weighted by Gasteiger charge is 2.22. The first-order valence-electron chi connectivity index (χ1n) is 8.21. The van der Waals surface area contributed by atoms with Crippen molar-refractivity contribution in [1.29, 1.82) is 0 Å². The third-order valence-corrected chi connectivity index (χ3v) is 4.50. The molecule has 0 spiro atoms. The summed E-state index contributed by atoms with van der Waals surface area (Å²) in [6.45, 7) is 9.98. The Hall–Kier alpha value is -1.06. The maximum atomic E-state index is 3.49. The van der Waals surface area contributed by atoms with Gasteiger partial charge in [0.1, 0.15) is 0 Å². The van der Waals surface area contributed by atoms with Gasteiger partial charge >= 0.3 is 0 Å². The van der Waals surface area contributed by atoms with E-state index in [2.05, 4.69) is 68.2 Å². The third kappa shape index (κ3) is 4.45. The number of likely N-dealkylation sites (N-methyl/N-ethyl adjacent to an activating group) is 2. The molecule has 1 fully saturated rings. The molecule has 1 heterocycles. The Morgan fingerprint density at radius 3 is 2.76 bits per heavy atom. The Labute approximate surface area is 130 Å². The lowest BCUT2D eigenvalue weighted by Gasteiger charge is -2.37. The van der Waals surface area contributed by atoms with E-state index >= 15 is 0 Å². The fraction of sp³-hybridized carbons (Fsp3) is 0.667. The van der Waals surface area contributed by atoms with E-state index in [9.17, 15) is 0 Å². The van der Waals surface area contributed by atoms with Gasteiger partial charge in [-0.05, 0) is 50.6 Å². The number of hydrogen-bond acceptors (Lipinski definition) is 3. The van der Waals surface area contributed by atoms with Gasteiger partial charge in [-0.1, -0.05) is 26.0 Å². The van der Waals surface area contributed by atoms with Gasteiger partial charge in [0.05, 0.1) is 0 Å². The summed E-state index contributed by atoms with van der Waals surface area (Å²) < 4.78 is 0. The van der Waals surface area contributed by atoms with Crippen LogP contribution in [-0.2, 0) is 6.54 Å². The molecule has 1 aliphatic rings. The first kappa shape index (κ1) is 16.3. The van der Waals surface area contributed by atoms with Crippen LogP contribution in [0.15, 0.2) is 18.2 Å². The molecule has 0 aliphatic carbocycles. The lowest BCUT2D eigenvalue weighted by molar-refractivity contribution is 0.248. The normalized spacial score (nSPS) is 20.0. The summed E-state index contributed by atoms with van der Waals surface area (Å²) in [5.74, 6) is 0. The number of hydrogen-bond donors (Lipinski definition) is 1. The third-order valence-electron chi connectivity index (χ3n) is 4.50. The van der Waals surface area contributed by atoms with Crippen LogP contribution in [0.2, 0.25) is 0 Å². The first-order valence-corrected chi connectivity index (χ1v) is 8.21. The molecule has 1 aliphatic heterocycles. The Morgan fingerprint density at radius 1 is 1.38 bits per heavy atom. The van der Waals surface area contributed by atoms with Gasteiger partial charge in [-0.25, -0.2) is 0 Å². The molecule has 0 saturated carbocycles. The zero-order valence-corrected chi connectivity index (χ0v) is 14.3. The smallest absolute Gasteiger partial charge is 0.0414 e. The molecule has 0 amide bonds. The summed E-state index contributed by atoms with van der Waals surface area (Å²) in [6, 6.07) is 8.06. The highest BCUT2D eigenvalue weighted by Crippen LogP contribution is 2.25. The Bertz CT molecular complexity index is 456. The van der Waals surface area contributed by atoms with Crippen LogP contribution in [0.25, 0.3) is 0 Å². The zero-order chi connectivity index (χ0) is 15.4. The van der Waals surface area contributed by atoms with Crippen molar-refractivity contribution in [2.45, 2.75) is 52.2 Å². The van der Waals surface area contributed by atoms with Crippen LogP contribution in [0.4, 0.5) is 5.69 Å². The fourth-order valence-electron chi connectivity index (χ4n) is 3.20. The Balaban J connectivity index is 2.05. The van der Waals surface area contributed by atoms with Crippen LogP contribution in [0.5, 0.6) is 0 Å². The number of nitrogens with zero attached hydrogens (tertiary/aromatic N) is 2. The predicted octanol–water partition coefficient (Wildman–Crippen LogP) is 3.02. The summed E-state index contributed by atoms with van der Waals surface area (Å²) in [5, 5.41) is 3.49. The average molecular weight is 289 g/mol. The van der Waals surface area contributed by atoms with Crippen LogP contribution in [0.3, 0.4) is 0 Å². The molecule has 21 heavy (non-hydrogen) atoms. The molecule has 2 rings (SSSR count). The van der Waals surface area contributed by atoms with Crippen molar-refractivity contribution in [2.24, 2.45) is 0 Å². The molecule has 1 aromatic rings. The molecule has 1 N–H and O–H groups in total. The molecule has 3 nitrogen and oxygen atoms in total. The van der Waals surface area contributed by atoms with Crippen LogP contribution in [-0.4, -0.2) is 44.2 Å².